The van der Waals surface area contributed by atoms with E-state index in [1.54, 1.807) is 11.8 Å². The molecule has 0 aromatic heterocycles. The maximum Gasteiger partial charge on any atom is 0.410 e. The molecule has 6 heteroatoms. The molecule has 1 aliphatic carbocycles. The molecule has 0 radical (unpaired) electrons. The van der Waals surface area contributed by atoms with E-state index in [0.29, 0.717) is 24.9 Å². The van der Waals surface area contributed by atoms with Crippen LogP contribution in [-0.4, -0.2) is 48.2 Å². The number of amidine groups is 1. The lowest BCUT2D eigenvalue weighted by molar-refractivity contribution is -0.00768. The van der Waals surface area contributed by atoms with Crippen LogP contribution in [0.15, 0.2) is 60.7 Å². The minimum atomic E-state index is -0.313. The third-order valence-electron chi connectivity index (χ3n) is 6.84. The van der Waals surface area contributed by atoms with Crippen molar-refractivity contribution in [2.45, 2.75) is 69.7 Å². The van der Waals surface area contributed by atoms with Crippen molar-refractivity contribution < 1.29 is 14.3 Å². The van der Waals surface area contributed by atoms with Gasteiger partial charge in [0.2, 0.25) is 0 Å². The Bertz CT molecular complexity index is 897. The monoisotopic (exact) mass is 449 g/mol. The van der Waals surface area contributed by atoms with Gasteiger partial charge in [-0.05, 0) is 56.1 Å². The summed E-state index contributed by atoms with van der Waals surface area (Å²) in [5, 5.41) is 11.1. The number of nitrogens with one attached hydrogen (secondary N) is 2. The van der Waals surface area contributed by atoms with Crippen LogP contribution in [0.2, 0.25) is 0 Å². The number of ether oxygens (including phenoxy) is 2. The second-order valence-corrected chi connectivity index (χ2v) is 9.18. The van der Waals surface area contributed by atoms with Gasteiger partial charge in [-0.2, -0.15) is 0 Å². The number of rotatable bonds is 7. The van der Waals surface area contributed by atoms with Crippen LogP contribution >= 0.6 is 0 Å². The molecular formula is C27H35N3O3. The van der Waals surface area contributed by atoms with Crippen molar-refractivity contribution in [3.63, 3.8) is 0 Å². The van der Waals surface area contributed by atoms with E-state index >= 15 is 0 Å². The smallest absolute Gasteiger partial charge is 0.410 e. The SMILES string of the molecule is CC(=N)N[C@H]1CCN(C(=O)OCc2ccccc2)[C@H]1CO[C@H]1CC[C@@H](c2ccccc2)CC1. The van der Waals surface area contributed by atoms with Gasteiger partial charge in [-0.15, -0.1) is 0 Å². The van der Waals surface area contributed by atoms with E-state index in [9.17, 15) is 4.79 Å². The Morgan fingerprint density at radius 2 is 1.67 bits per heavy atom. The summed E-state index contributed by atoms with van der Waals surface area (Å²) in [6, 6.07) is 20.3. The van der Waals surface area contributed by atoms with Gasteiger partial charge in [-0.3, -0.25) is 5.41 Å². The number of nitrogens with zero attached hydrogens (tertiary/aromatic N) is 1. The molecule has 0 unspecified atom stereocenters. The van der Waals surface area contributed by atoms with Crippen LogP contribution in [0.3, 0.4) is 0 Å². The molecule has 1 amide bonds. The van der Waals surface area contributed by atoms with Crippen molar-refractivity contribution >= 4 is 11.9 Å². The first kappa shape index (κ1) is 23.3. The minimum absolute atomic E-state index is 0.00688. The Balaban J connectivity index is 1.31. The van der Waals surface area contributed by atoms with Gasteiger partial charge >= 0.3 is 6.09 Å². The summed E-state index contributed by atoms with van der Waals surface area (Å²) in [5.74, 6) is 1.02. The molecule has 1 saturated carbocycles. The molecule has 2 aromatic rings. The van der Waals surface area contributed by atoms with Crippen LogP contribution < -0.4 is 5.32 Å². The molecule has 2 atom stereocenters. The van der Waals surface area contributed by atoms with E-state index < -0.39 is 0 Å². The summed E-state index contributed by atoms with van der Waals surface area (Å²) >= 11 is 0. The summed E-state index contributed by atoms with van der Waals surface area (Å²) in [6.45, 7) is 3.06. The number of benzene rings is 2. The topological polar surface area (TPSA) is 74.7 Å². The lowest BCUT2D eigenvalue weighted by Gasteiger charge is -2.32. The number of carbonyl (C=O) groups is 1. The largest absolute Gasteiger partial charge is 0.445 e. The summed E-state index contributed by atoms with van der Waals surface area (Å²) in [7, 11) is 0. The highest BCUT2D eigenvalue weighted by molar-refractivity contribution is 5.76. The summed E-state index contributed by atoms with van der Waals surface area (Å²) in [6.07, 6.45) is 5.01. The Morgan fingerprint density at radius 3 is 2.33 bits per heavy atom. The highest BCUT2D eigenvalue weighted by atomic mass is 16.6. The average molecular weight is 450 g/mol. The first-order chi connectivity index (χ1) is 16.1. The van der Waals surface area contributed by atoms with Crippen LogP contribution in [0, 0.1) is 5.41 Å². The molecule has 0 bridgehead atoms. The van der Waals surface area contributed by atoms with E-state index in [-0.39, 0.29) is 30.9 Å². The third kappa shape index (κ3) is 6.35. The van der Waals surface area contributed by atoms with Crippen LogP contribution in [-0.2, 0) is 16.1 Å². The molecule has 4 rings (SSSR count). The van der Waals surface area contributed by atoms with Crippen LogP contribution in [0.4, 0.5) is 4.79 Å². The lowest BCUT2D eigenvalue weighted by atomic mass is 9.83. The Morgan fingerprint density at radius 1 is 1.00 bits per heavy atom. The van der Waals surface area contributed by atoms with E-state index in [2.05, 4.69) is 35.6 Å². The second kappa shape index (κ2) is 11.3. The number of carbonyl (C=O) groups excluding carboxylic acids is 1. The number of hydrogen-bond acceptors (Lipinski definition) is 4. The van der Waals surface area contributed by atoms with E-state index in [0.717, 1.165) is 37.7 Å². The Kier molecular flexibility index (Phi) is 8.00. The minimum Gasteiger partial charge on any atom is -0.445 e. The normalized spacial score (nSPS) is 24.9. The molecule has 176 valence electrons. The van der Waals surface area contributed by atoms with Gasteiger partial charge in [0.15, 0.2) is 0 Å². The molecule has 33 heavy (non-hydrogen) atoms. The van der Waals surface area contributed by atoms with Crippen molar-refractivity contribution in [3.8, 4) is 0 Å². The van der Waals surface area contributed by atoms with Crippen molar-refractivity contribution in [1.29, 1.82) is 5.41 Å². The lowest BCUT2D eigenvalue weighted by Crippen LogP contribution is -2.49. The fourth-order valence-electron chi connectivity index (χ4n) is 5.06. The van der Waals surface area contributed by atoms with Gasteiger partial charge in [0.25, 0.3) is 0 Å². The molecule has 2 N–H and O–H groups in total. The second-order valence-electron chi connectivity index (χ2n) is 9.18. The maximum absolute atomic E-state index is 12.9. The molecule has 1 heterocycles. The molecule has 2 fully saturated rings. The first-order valence-corrected chi connectivity index (χ1v) is 12.1. The van der Waals surface area contributed by atoms with E-state index in [1.165, 1.54) is 5.56 Å². The quantitative estimate of drug-likeness (QED) is 0.456. The molecule has 1 saturated heterocycles. The predicted octanol–water partition coefficient (Wildman–Crippen LogP) is 5.10. The summed E-state index contributed by atoms with van der Waals surface area (Å²) in [5.41, 5.74) is 2.39. The van der Waals surface area contributed by atoms with Gasteiger partial charge < -0.3 is 19.7 Å². The van der Waals surface area contributed by atoms with Gasteiger partial charge in [0.1, 0.15) is 6.61 Å². The Hall–Kier alpha value is -2.86. The van der Waals surface area contributed by atoms with Crippen molar-refractivity contribution in [2.75, 3.05) is 13.2 Å². The number of amides is 1. The number of hydrogen-bond donors (Lipinski definition) is 2. The summed E-state index contributed by atoms with van der Waals surface area (Å²) < 4.78 is 11.9. The molecule has 6 nitrogen and oxygen atoms in total. The van der Waals surface area contributed by atoms with E-state index in [1.807, 2.05) is 30.3 Å². The fourth-order valence-corrected chi connectivity index (χ4v) is 5.06. The Labute approximate surface area is 196 Å². The fraction of sp³-hybridized carbons (Fsp3) is 0.481. The van der Waals surface area contributed by atoms with E-state index in [4.69, 9.17) is 14.9 Å². The predicted molar refractivity (Wildman–Crippen MR) is 129 cm³/mol. The molecule has 2 aromatic carbocycles. The zero-order chi connectivity index (χ0) is 23.0. The zero-order valence-electron chi connectivity index (χ0n) is 19.4. The van der Waals surface area contributed by atoms with Crippen LogP contribution in [0.5, 0.6) is 0 Å². The first-order valence-electron chi connectivity index (χ1n) is 12.1. The molecular weight excluding hydrogens is 414 g/mol. The number of likely N-dealkylation sites (tertiary alicyclic amines) is 1. The van der Waals surface area contributed by atoms with Crippen LogP contribution in [0.1, 0.15) is 56.1 Å². The van der Waals surface area contributed by atoms with Crippen molar-refractivity contribution in [3.05, 3.63) is 71.8 Å². The third-order valence-corrected chi connectivity index (χ3v) is 6.84. The average Bonchev–Trinajstić information content (AvgIpc) is 3.24. The van der Waals surface area contributed by atoms with Crippen molar-refractivity contribution in [2.24, 2.45) is 0 Å². The molecule has 0 spiro atoms. The van der Waals surface area contributed by atoms with Gasteiger partial charge in [-0.1, -0.05) is 60.7 Å². The molecule has 1 aliphatic heterocycles. The highest BCUT2D eigenvalue weighted by Gasteiger charge is 2.39. The highest BCUT2D eigenvalue weighted by Crippen LogP contribution is 2.34. The van der Waals surface area contributed by atoms with Crippen molar-refractivity contribution in [1.82, 2.24) is 10.2 Å². The van der Waals surface area contributed by atoms with Gasteiger partial charge in [-0.25, -0.2) is 4.79 Å². The van der Waals surface area contributed by atoms with Gasteiger partial charge in [0, 0.05) is 6.54 Å². The molecule has 2 aliphatic rings. The zero-order valence-corrected chi connectivity index (χ0v) is 19.4. The summed E-state index contributed by atoms with van der Waals surface area (Å²) in [4.78, 5) is 14.7. The maximum atomic E-state index is 12.9. The van der Waals surface area contributed by atoms with Gasteiger partial charge in [0.05, 0.1) is 30.6 Å². The standard InChI is InChI=1S/C27H35N3O3/c1-20(28)29-25-16-17-30(27(31)33-18-21-8-4-2-5-9-21)26(25)19-32-24-14-12-23(13-15-24)22-10-6-3-7-11-22/h2-11,23-26H,12-19H2,1H3,(H2,28,29)/t23-,24+,25-,26-/m0/s1. The van der Waals surface area contributed by atoms with Crippen LogP contribution in [0.25, 0.3) is 0 Å².